The first-order chi connectivity index (χ1) is 15.7. The third-order valence-electron chi connectivity index (χ3n) is 5.45. The van der Waals surface area contributed by atoms with Gasteiger partial charge in [0.05, 0.1) is 29.1 Å². The van der Waals surface area contributed by atoms with Gasteiger partial charge in [-0.3, -0.25) is 4.79 Å². The molecule has 0 saturated heterocycles. The predicted octanol–water partition coefficient (Wildman–Crippen LogP) is 5.94. The van der Waals surface area contributed by atoms with Gasteiger partial charge in [-0.1, -0.05) is 72.6 Å². The molecule has 1 amide bonds. The highest BCUT2D eigenvalue weighted by molar-refractivity contribution is 6.33. The Balaban J connectivity index is 1.64. The van der Waals surface area contributed by atoms with E-state index < -0.39 is 0 Å². The molecule has 170 valence electrons. The second kappa shape index (κ2) is 9.19. The fourth-order valence-electron chi connectivity index (χ4n) is 3.55. The lowest BCUT2D eigenvalue weighted by Crippen LogP contribution is -2.15. The molecule has 4 aromatic rings. The SMILES string of the molecule is Cc1ccc(Cn2nc(C)c(C(=O)Nc3c(C)cccc3-c3nc(C(C)C)no3)c2Cl)cc1. The van der Waals surface area contributed by atoms with Gasteiger partial charge in [-0.15, -0.1) is 0 Å². The summed E-state index contributed by atoms with van der Waals surface area (Å²) in [5.74, 6) is 0.758. The van der Waals surface area contributed by atoms with Crippen LogP contribution < -0.4 is 5.32 Å². The van der Waals surface area contributed by atoms with Crippen LogP contribution in [0.3, 0.4) is 0 Å². The fraction of sp³-hybridized carbons (Fsp3) is 0.280. The van der Waals surface area contributed by atoms with Crippen molar-refractivity contribution in [3.05, 3.63) is 81.4 Å². The Morgan fingerprint density at radius 2 is 1.85 bits per heavy atom. The summed E-state index contributed by atoms with van der Waals surface area (Å²) in [5.41, 5.74) is 5.25. The molecule has 0 bridgehead atoms. The smallest absolute Gasteiger partial charge is 0.260 e. The summed E-state index contributed by atoms with van der Waals surface area (Å²) in [6.07, 6.45) is 0. The molecule has 0 fully saturated rings. The number of para-hydroxylation sites is 1. The second-order valence-electron chi connectivity index (χ2n) is 8.46. The molecule has 2 aromatic heterocycles. The third-order valence-corrected chi connectivity index (χ3v) is 5.83. The number of anilines is 1. The molecule has 0 aliphatic rings. The van der Waals surface area contributed by atoms with Crippen LogP contribution in [0.25, 0.3) is 11.5 Å². The van der Waals surface area contributed by atoms with Crippen LogP contribution in [0.5, 0.6) is 0 Å². The maximum Gasteiger partial charge on any atom is 0.260 e. The number of benzene rings is 2. The molecule has 7 nitrogen and oxygen atoms in total. The van der Waals surface area contributed by atoms with Gasteiger partial charge in [-0.05, 0) is 38.0 Å². The molecule has 2 heterocycles. The Bertz CT molecular complexity index is 1310. The van der Waals surface area contributed by atoms with Crippen molar-refractivity contribution < 1.29 is 9.32 Å². The Labute approximate surface area is 197 Å². The molecule has 0 atom stereocenters. The van der Waals surface area contributed by atoms with Gasteiger partial charge in [0.2, 0.25) is 0 Å². The molecule has 8 heteroatoms. The minimum absolute atomic E-state index is 0.131. The van der Waals surface area contributed by atoms with E-state index in [2.05, 4.69) is 20.6 Å². The summed E-state index contributed by atoms with van der Waals surface area (Å²) in [4.78, 5) is 17.8. The zero-order chi connectivity index (χ0) is 23.7. The van der Waals surface area contributed by atoms with Crippen molar-refractivity contribution in [1.29, 1.82) is 0 Å². The highest BCUT2D eigenvalue weighted by atomic mass is 35.5. The van der Waals surface area contributed by atoms with Crippen molar-refractivity contribution in [2.24, 2.45) is 0 Å². The lowest BCUT2D eigenvalue weighted by atomic mass is 10.1. The lowest BCUT2D eigenvalue weighted by Gasteiger charge is -2.12. The Morgan fingerprint density at radius 1 is 1.12 bits per heavy atom. The van der Waals surface area contributed by atoms with Gasteiger partial charge >= 0.3 is 0 Å². The average Bonchev–Trinajstić information content (AvgIpc) is 3.36. The molecule has 0 aliphatic carbocycles. The number of rotatable bonds is 6. The van der Waals surface area contributed by atoms with E-state index in [9.17, 15) is 4.79 Å². The number of aryl methyl sites for hydroxylation is 3. The summed E-state index contributed by atoms with van der Waals surface area (Å²) >= 11 is 6.61. The summed E-state index contributed by atoms with van der Waals surface area (Å²) in [6.45, 7) is 10.2. The number of amides is 1. The van der Waals surface area contributed by atoms with Crippen LogP contribution in [0.1, 0.15) is 58.3 Å². The van der Waals surface area contributed by atoms with Crippen molar-refractivity contribution in [1.82, 2.24) is 19.9 Å². The van der Waals surface area contributed by atoms with Gasteiger partial charge in [0.25, 0.3) is 11.8 Å². The van der Waals surface area contributed by atoms with Gasteiger partial charge in [0.1, 0.15) is 5.15 Å². The van der Waals surface area contributed by atoms with E-state index in [1.165, 1.54) is 5.56 Å². The number of nitrogens with one attached hydrogen (secondary N) is 1. The van der Waals surface area contributed by atoms with Crippen molar-refractivity contribution in [2.45, 2.75) is 47.1 Å². The number of halogens is 1. The molecule has 0 spiro atoms. The van der Waals surface area contributed by atoms with Crippen LogP contribution in [-0.2, 0) is 6.54 Å². The van der Waals surface area contributed by atoms with Crippen LogP contribution in [0.15, 0.2) is 47.0 Å². The van der Waals surface area contributed by atoms with E-state index in [-0.39, 0.29) is 11.8 Å². The Morgan fingerprint density at radius 3 is 2.52 bits per heavy atom. The molecular weight excluding hydrogens is 438 g/mol. The van der Waals surface area contributed by atoms with E-state index in [1.807, 2.05) is 70.2 Å². The highest BCUT2D eigenvalue weighted by Gasteiger charge is 2.23. The first kappa shape index (κ1) is 22.7. The van der Waals surface area contributed by atoms with Crippen molar-refractivity contribution in [3.63, 3.8) is 0 Å². The second-order valence-corrected chi connectivity index (χ2v) is 8.82. The molecular formula is C25H26ClN5O2. The Kier molecular flexibility index (Phi) is 6.33. The first-order valence-corrected chi connectivity index (χ1v) is 11.2. The van der Waals surface area contributed by atoms with E-state index in [0.717, 1.165) is 11.1 Å². The normalized spacial score (nSPS) is 11.2. The molecule has 33 heavy (non-hydrogen) atoms. The van der Waals surface area contributed by atoms with Crippen LogP contribution in [0.4, 0.5) is 5.69 Å². The molecule has 1 N–H and O–H groups in total. The van der Waals surface area contributed by atoms with Crippen LogP contribution in [0, 0.1) is 20.8 Å². The molecule has 0 saturated carbocycles. The number of aromatic nitrogens is 4. The number of nitrogens with zero attached hydrogens (tertiary/aromatic N) is 4. The maximum absolute atomic E-state index is 13.3. The number of hydrogen-bond acceptors (Lipinski definition) is 5. The zero-order valence-corrected chi connectivity index (χ0v) is 20.1. The van der Waals surface area contributed by atoms with E-state index in [4.69, 9.17) is 16.1 Å². The van der Waals surface area contributed by atoms with E-state index in [0.29, 0.717) is 45.9 Å². The number of carbonyl (C=O) groups is 1. The topological polar surface area (TPSA) is 85.8 Å². The summed E-state index contributed by atoms with van der Waals surface area (Å²) in [7, 11) is 0. The quantitative estimate of drug-likeness (QED) is 0.382. The molecule has 4 rings (SSSR count). The predicted molar refractivity (Wildman–Crippen MR) is 129 cm³/mol. The molecule has 2 aromatic carbocycles. The minimum Gasteiger partial charge on any atom is -0.334 e. The van der Waals surface area contributed by atoms with E-state index >= 15 is 0 Å². The highest BCUT2D eigenvalue weighted by Crippen LogP contribution is 2.32. The van der Waals surface area contributed by atoms with Gasteiger partial charge in [0.15, 0.2) is 5.82 Å². The number of carbonyl (C=O) groups excluding carboxylic acids is 1. The fourth-order valence-corrected chi connectivity index (χ4v) is 3.87. The zero-order valence-electron chi connectivity index (χ0n) is 19.3. The van der Waals surface area contributed by atoms with Gasteiger partial charge in [-0.25, -0.2) is 4.68 Å². The first-order valence-electron chi connectivity index (χ1n) is 10.8. The van der Waals surface area contributed by atoms with Gasteiger partial charge in [-0.2, -0.15) is 10.1 Å². The summed E-state index contributed by atoms with van der Waals surface area (Å²) in [5, 5.41) is 11.8. The van der Waals surface area contributed by atoms with Crippen LogP contribution >= 0.6 is 11.6 Å². The summed E-state index contributed by atoms with van der Waals surface area (Å²) in [6, 6.07) is 13.8. The maximum atomic E-state index is 13.3. The van der Waals surface area contributed by atoms with E-state index in [1.54, 1.807) is 11.6 Å². The van der Waals surface area contributed by atoms with Gasteiger partial charge < -0.3 is 9.84 Å². The average molecular weight is 464 g/mol. The lowest BCUT2D eigenvalue weighted by molar-refractivity contribution is 0.102. The minimum atomic E-state index is -0.341. The largest absolute Gasteiger partial charge is 0.334 e. The van der Waals surface area contributed by atoms with Crippen LogP contribution in [0.2, 0.25) is 5.15 Å². The van der Waals surface area contributed by atoms with Gasteiger partial charge in [0, 0.05) is 5.92 Å². The number of hydrogen-bond donors (Lipinski definition) is 1. The van der Waals surface area contributed by atoms with Crippen molar-refractivity contribution in [3.8, 4) is 11.5 Å². The van der Waals surface area contributed by atoms with Crippen molar-refractivity contribution >= 4 is 23.2 Å². The summed E-state index contributed by atoms with van der Waals surface area (Å²) < 4.78 is 7.11. The van der Waals surface area contributed by atoms with Crippen molar-refractivity contribution in [2.75, 3.05) is 5.32 Å². The monoisotopic (exact) mass is 463 g/mol. The molecule has 0 radical (unpaired) electrons. The molecule has 0 unspecified atom stereocenters. The standard InChI is InChI=1S/C25H26ClN5O2/c1-14(2)23-28-25(33-30-23)19-8-6-7-16(4)21(19)27-24(32)20-17(5)29-31(22(20)26)13-18-11-9-15(3)10-12-18/h6-12,14H,13H2,1-5H3,(H,27,32). The molecule has 0 aliphatic heterocycles. The Hall–Kier alpha value is -3.45. The third kappa shape index (κ3) is 4.68. The van der Waals surface area contributed by atoms with Crippen LogP contribution in [-0.4, -0.2) is 25.8 Å².